The average molecular weight is 316 g/mol. The summed E-state index contributed by atoms with van der Waals surface area (Å²) in [4.78, 5) is 14.2. The van der Waals surface area contributed by atoms with Gasteiger partial charge in [-0.3, -0.25) is 0 Å². The van der Waals surface area contributed by atoms with E-state index in [0.717, 1.165) is 44.5 Å². The monoisotopic (exact) mass is 316 g/mol. The summed E-state index contributed by atoms with van der Waals surface area (Å²) in [7, 11) is 0. The fourth-order valence-corrected chi connectivity index (χ4v) is 3.66. The van der Waals surface area contributed by atoms with Gasteiger partial charge in [-0.1, -0.05) is 31.0 Å². The van der Waals surface area contributed by atoms with Crippen molar-refractivity contribution in [3.05, 3.63) is 29.3 Å². The molecule has 126 valence electrons. The quantitative estimate of drug-likeness (QED) is 0.921. The summed E-state index contributed by atoms with van der Waals surface area (Å²) in [5.41, 5.74) is 2.37. The van der Waals surface area contributed by atoms with Crippen molar-refractivity contribution in [3.8, 4) is 5.75 Å². The molecule has 1 aromatic carbocycles. The number of nitrogens with zero attached hydrogens (tertiary/aromatic N) is 1. The number of nitrogens with one attached hydrogen (secondary N) is 1. The highest BCUT2D eigenvalue weighted by atomic mass is 16.5. The van der Waals surface area contributed by atoms with E-state index in [0.29, 0.717) is 6.04 Å². The van der Waals surface area contributed by atoms with Crippen LogP contribution in [0.5, 0.6) is 5.75 Å². The van der Waals surface area contributed by atoms with Gasteiger partial charge in [-0.2, -0.15) is 0 Å². The average Bonchev–Trinajstić information content (AvgIpc) is 3.04. The third-order valence-corrected chi connectivity index (χ3v) is 5.11. The summed E-state index contributed by atoms with van der Waals surface area (Å²) in [6.07, 6.45) is 6.80. The van der Waals surface area contributed by atoms with Crippen LogP contribution < -0.4 is 10.1 Å². The molecule has 0 atom stereocenters. The number of amides is 2. The molecule has 4 nitrogen and oxygen atoms in total. The summed E-state index contributed by atoms with van der Waals surface area (Å²) < 4.78 is 6.22. The number of likely N-dealkylation sites (tertiary alicyclic amines) is 1. The molecule has 2 fully saturated rings. The Hall–Kier alpha value is -1.71. The van der Waals surface area contributed by atoms with Crippen molar-refractivity contribution in [1.82, 2.24) is 10.2 Å². The number of hydrogen-bond donors (Lipinski definition) is 1. The van der Waals surface area contributed by atoms with Gasteiger partial charge >= 0.3 is 6.03 Å². The molecule has 2 aliphatic rings. The van der Waals surface area contributed by atoms with Crippen LogP contribution in [0, 0.1) is 13.8 Å². The van der Waals surface area contributed by atoms with Gasteiger partial charge < -0.3 is 15.0 Å². The Morgan fingerprint density at radius 3 is 2.30 bits per heavy atom. The van der Waals surface area contributed by atoms with E-state index in [4.69, 9.17) is 4.74 Å². The number of hydrogen-bond acceptors (Lipinski definition) is 2. The number of carbonyl (C=O) groups is 1. The van der Waals surface area contributed by atoms with Crippen LogP contribution in [-0.2, 0) is 0 Å². The van der Waals surface area contributed by atoms with Crippen molar-refractivity contribution in [2.75, 3.05) is 13.1 Å². The van der Waals surface area contributed by atoms with E-state index in [1.807, 2.05) is 4.90 Å². The van der Waals surface area contributed by atoms with Crippen LogP contribution >= 0.6 is 0 Å². The van der Waals surface area contributed by atoms with Gasteiger partial charge in [-0.15, -0.1) is 0 Å². The molecule has 0 radical (unpaired) electrons. The molecule has 0 unspecified atom stereocenters. The Balaban J connectivity index is 1.49. The van der Waals surface area contributed by atoms with E-state index in [2.05, 4.69) is 37.4 Å². The lowest BCUT2D eigenvalue weighted by molar-refractivity contribution is 0.109. The fraction of sp³-hybridized carbons (Fsp3) is 0.632. The van der Waals surface area contributed by atoms with Gasteiger partial charge in [0.15, 0.2) is 0 Å². The Kier molecular flexibility index (Phi) is 5.09. The second kappa shape index (κ2) is 7.24. The predicted octanol–water partition coefficient (Wildman–Crippen LogP) is 3.80. The van der Waals surface area contributed by atoms with Crippen molar-refractivity contribution in [3.63, 3.8) is 0 Å². The Labute approximate surface area is 139 Å². The zero-order valence-electron chi connectivity index (χ0n) is 14.3. The number of carbonyl (C=O) groups excluding carboxylic acids is 1. The number of rotatable bonds is 3. The maximum Gasteiger partial charge on any atom is 0.317 e. The summed E-state index contributed by atoms with van der Waals surface area (Å²) in [5, 5.41) is 3.18. The lowest BCUT2D eigenvalue weighted by Gasteiger charge is -2.33. The number of aryl methyl sites for hydroxylation is 2. The molecule has 2 amide bonds. The number of urea groups is 1. The minimum Gasteiger partial charge on any atom is -0.490 e. The van der Waals surface area contributed by atoms with Crippen molar-refractivity contribution in [2.24, 2.45) is 0 Å². The number of piperidine rings is 1. The molecule has 4 heteroatoms. The SMILES string of the molecule is Cc1cccc(C)c1OC1CCN(C(=O)NC2CCCC2)CC1. The second-order valence-electron chi connectivity index (χ2n) is 6.96. The molecule has 1 aromatic rings. The molecule has 1 N–H and O–H groups in total. The highest BCUT2D eigenvalue weighted by Gasteiger charge is 2.26. The molecular formula is C19H28N2O2. The number of ether oxygens (including phenoxy) is 1. The third-order valence-electron chi connectivity index (χ3n) is 5.11. The highest BCUT2D eigenvalue weighted by Crippen LogP contribution is 2.26. The van der Waals surface area contributed by atoms with Gasteiger partial charge in [0.05, 0.1) is 0 Å². The van der Waals surface area contributed by atoms with Crippen LogP contribution in [0.25, 0.3) is 0 Å². The van der Waals surface area contributed by atoms with E-state index < -0.39 is 0 Å². The van der Waals surface area contributed by atoms with Crippen molar-refractivity contribution < 1.29 is 9.53 Å². The van der Waals surface area contributed by atoms with E-state index in [9.17, 15) is 4.79 Å². The summed E-state index contributed by atoms with van der Waals surface area (Å²) in [5.74, 6) is 1.02. The molecule has 0 bridgehead atoms. The largest absolute Gasteiger partial charge is 0.490 e. The smallest absolute Gasteiger partial charge is 0.317 e. The predicted molar refractivity (Wildman–Crippen MR) is 91.9 cm³/mol. The molecule has 1 saturated heterocycles. The first-order valence-corrected chi connectivity index (χ1v) is 8.92. The van der Waals surface area contributed by atoms with Gasteiger partial charge in [0, 0.05) is 32.0 Å². The summed E-state index contributed by atoms with van der Waals surface area (Å²) in [6.45, 7) is 5.75. The molecule has 1 heterocycles. The van der Waals surface area contributed by atoms with Crippen LogP contribution in [0.1, 0.15) is 49.7 Å². The summed E-state index contributed by atoms with van der Waals surface area (Å²) in [6, 6.07) is 6.75. The number of para-hydroxylation sites is 1. The van der Waals surface area contributed by atoms with E-state index in [1.165, 1.54) is 24.0 Å². The van der Waals surface area contributed by atoms with Crippen LogP contribution in [0.3, 0.4) is 0 Å². The Morgan fingerprint density at radius 1 is 1.09 bits per heavy atom. The van der Waals surface area contributed by atoms with Crippen LogP contribution in [0.4, 0.5) is 4.79 Å². The molecule has 1 aliphatic heterocycles. The maximum absolute atomic E-state index is 12.3. The standard InChI is InChI=1S/C19H28N2O2/c1-14-6-5-7-15(2)18(14)23-17-10-12-21(13-11-17)19(22)20-16-8-3-4-9-16/h5-7,16-17H,3-4,8-13H2,1-2H3,(H,20,22). The number of benzene rings is 1. The Bertz CT molecular complexity index is 524. The van der Waals surface area contributed by atoms with E-state index >= 15 is 0 Å². The lowest BCUT2D eigenvalue weighted by atomic mass is 10.1. The van der Waals surface area contributed by atoms with Crippen LogP contribution in [0.15, 0.2) is 18.2 Å². The molecule has 3 rings (SSSR count). The minimum atomic E-state index is 0.113. The second-order valence-corrected chi connectivity index (χ2v) is 6.96. The van der Waals surface area contributed by atoms with Crippen LogP contribution in [-0.4, -0.2) is 36.2 Å². The fourth-order valence-electron chi connectivity index (χ4n) is 3.66. The molecule has 1 saturated carbocycles. The van der Waals surface area contributed by atoms with E-state index in [1.54, 1.807) is 0 Å². The molecule has 0 spiro atoms. The van der Waals surface area contributed by atoms with Gasteiger partial charge in [0.2, 0.25) is 0 Å². The van der Waals surface area contributed by atoms with Crippen molar-refractivity contribution >= 4 is 6.03 Å². The van der Waals surface area contributed by atoms with Gasteiger partial charge in [-0.05, 0) is 37.8 Å². The maximum atomic E-state index is 12.3. The van der Waals surface area contributed by atoms with Gasteiger partial charge in [0.25, 0.3) is 0 Å². The Morgan fingerprint density at radius 2 is 1.70 bits per heavy atom. The normalized spacial score (nSPS) is 19.8. The molecule has 1 aliphatic carbocycles. The van der Waals surface area contributed by atoms with Crippen LogP contribution in [0.2, 0.25) is 0 Å². The van der Waals surface area contributed by atoms with Crippen molar-refractivity contribution in [1.29, 1.82) is 0 Å². The first-order valence-electron chi connectivity index (χ1n) is 8.92. The van der Waals surface area contributed by atoms with Crippen molar-refractivity contribution in [2.45, 2.75) is 64.5 Å². The minimum absolute atomic E-state index is 0.113. The topological polar surface area (TPSA) is 41.6 Å². The van der Waals surface area contributed by atoms with E-state index in [-0.39, 0.29) is 12.1 Å². The first kappa shape index (κ1) is 16.2. The zero-order valence-corrected chi connectivity index (χ0v) is 14.3. The third kappa shape index (κ3) is 3.98. The van der Waals surface area contributed by atoms with Gasteiger partial charge in [-0.25, -0.2) is 4.79 Å². The highest BCUT2D eigenvalue weighted by molar-refractivity contribution is 5.74. The first-order chi connectivity index (χ1) is 11.1. The lowest BCUT2D eigenvalue weighted by Crippen LogP contribution is -2.48. The van der Waals surface area contributed by atoms with Gasteiger partial charge in [0.1, 0.15) is 11.9 Å². The molecule has 23 heavy (non-hydrogen) atoms. The zero-order chi connectivity index (χ0) is 16.2. The summed E-state index contributed by atoms with van der Waals surface area (Å²) >= 11 is 0. The molecular weight excluding hydrogens is 288 g/mol. The molecule has 0 aromatic heterocycles.